The Morgan fingerprint density at radius 3 is 2.77 bits per heavy atom. The number of nitrogens with two attached hydrogens (primary N) is 1. The van der Waals surface area contributed by atoms with Gasteiger partial charge in [0.05, 0.1) is 17.1 Å². The van der Waals surface area contributed by atoms with Gasteiger partial charge in [-0.1, -0.05) is 15.9 Å². The maximum atomic E-state index is 13.2. The molecule has 0 aliphatic carbocycles. The molecule has 5 heteroatoms. The van der Waals surface area contributed by atoms with E-state index in [0.717, 1.165) is 0 Å². The molecule has 0 aliphatic heterocycles. The van der Waals surface area contributed by atoms with Crippen LogP contribution in [0.3, 0.4) is 0 Å². The fraction of sp³-hybridized carbons (Fsp3) is 0.125. The summed E-state index contributed by atoms with van der Waals surface area (Å²) in [4.78, 5) is 11.1. The van der Waals surface area contributed by atoms with E-state index in [9.17, 15) is 9.18 Å². The van der Waals surface area contributed by atoms with Gasteiger partial charge in [-0.25, -0.2) is 4.39 Å². The second-order valence-corrected chi connectivity index (χ2v) is 3.60. The van der Waals surface area contributed by atoms with Gasteiger partial charge in [-0.2, -0.15) is 0 Å². The fourth-order valence-corrected chi connectivity index (χ4v) is 1.50. The average Bonchev–Trinajstić information content (AvgIpc) is 2.10. The fourth-order valence-electron chi connectivity index (χ4n) is 0.885. The SMILES string of the molecule is Nc1cc(Br)cc(C(=O)CCl)c1F. The molecule has 0 saturated carbocycles. The van der Waals surface area contributed by atoms with Gasteiger partial charge in [-0.3, -0.25) is 4.79 Å². The minimum atomic E-state index is -0.714. The Bertz CT molecular complexity index is 356. The van der Waals surface area contributed by atoms with E-state index in [0.29, 0.717) is 4.47 Å². The third-order valence-corrected chi connectivity index (χ3v) is 2.19. The largest absolute Gasteiger partial charge is 0.396 e. The molecule has 0 unspecified atom stereocenters. The molecule has 0 bridgehead atoms. The first kappa shape index (κ1) is 10.5. The number of halogens is 3. The number of rotatable bonds is 2. The third-order valence-electron chi connectivity index (χ3n) is 1.49. The highest BCUT2D eigenvalue weighted by molar-refractivity contribution is 9.10. The van der Waals surface area contributed by atoms with Crippen LogP contribution in [0.25, 0.3) is 0 Å². The van der Waals surface area contributed by atoms with Gasteiger partial charge < -0.3 is 5.73 Å². The van der Waals surface area contributed by atoms with E-state index in [1.54, 1.807) is 0 Å². The molecule has 0 heterocycles. The second-order valence-electron chi connectivity index (χ2n) is 2.41. The van der Waals surface area contributed by atoms with Crippen LogP contribution in [0.4, 0.5) is 10.1 Å². The van der Waals surface area contributed by atoms with Gasteiger partial charge in [0.15, 0.2) is 11.6 Å². The lowest BCUT2D eigenvalue weighted by molar-refractivity contribution is 0.101. The van der Waals surface area contributed by atoms with E-state index < -0.39 is 11.6 Å². The van der Waals surface area contributed by atoms with Gasteiger partial charge in [0.2, 0.25) is 0 Å². The van der Waals surface area contributed by atoms with Gasteiger partial charge in [0.1, 0.15) is 0 Å². The first-order valence-corrected chi connectivity index (χ1v) is 4.72. The summed E-state index contributed by atoms with van der Waals surface area (Å²) in [7, 11) is 0. The molecular weight excluding hydrogens is 260 g/mol. The minimum absolute atomic E-state index is 0.0668. The first-order valence-electron chi connectivity index (χ1n) is 3.40. The van der Waals surface area contributed by atoms with Crippen molar-refractivity contribution >= 4 is 39.0 Å². The number of hydrogen-bond donors (Lipinski definition) is 1. The molecule has 0 aliphatic rings. The summed E-state index contributed by atoms with van der Waals surface area (Å²) in [5.74, 6) is -1.45. The molecule has 0 spiro atoms. The number of ketones is 1. The first-order chi connectivity index (χ1) is 6.06. The number of Topliss-reactive ketones (excluding diaryl/α,β-unsaturated/α-hetero) is 1. The summed E-state index contributed by atoms with van der Waals surface area (Å²) in [6.07, 6.45) is 0. The van der Waals surface area contributed by atoms with Crippen molar-refractivity contribution in [3.05, 3.63) is 28.0 Å². The van der Waals surface area contributed by atoms with Gasteiger partial charge in [0.25, 0.3) is 0 Å². The highest BCUT2D eigenvalue weighted by Gasteiger charge is 2.13. The maximum Gasteiger partial charge on any atom is 0.180 e. The number of benzene rings is 1. The maximum absolute atomic E-state index is 13.2. The minimum Gasteiger partial charge on any atom is -0.396 e. The smallest absolute Gasteiger partial charge is 0.180 e. The van der Waals surface area contributed by atoms with E-state index in [-0.39, 0.29) is 17.1 Å². The van der Waals surface area contributed by atoms with Gasteiger partial charge in [-0.05, 0) is 12.1 Å². The number of alkyl halides is 1. The normalized spacial score (nSPS) is 10.1. The molecule has 0 saturated heterocycles. The van der Waals surface area contributed by atoms with Crippen LogP contribution in [0.1, 0.15) is 10.4 Å². The van der Waals surface area contributed by atoms with Crippen molar-refractivity contribution in [2.24, 2.45) is 0 Å². The van der Waals surface area contributed by atoms with Crippen LogP contribution in [0.15, 0.2) is 16.6 Å². The molecule has 2 N–H and O–H groups in total. The number of carbonyl (C=O) groups excluding carboxylic acids is 1. The lowest BCUT2D eigenvalue weighted by Gasteiger charge is -2.03. The van der Waals surface area contributed by atoms with Crippen molar-refractivity contribution in [1.29, 1.82) is 0 Å². The van der Waals surface area contributed by atoms with Crippen molar-refractivity contribution < 1.29 is 9.18 Å². The molecule has 2 nitrogen and oxygen atoms in total. The molecule has 0 atom stereocenters. The number of carbonyl (C=O) groups is 1. The average molecular weight is 266 g/mol. The van der Waals surface area contributed by atoms with Gasteiger partial charge in [0, 0.05) is 4.47 Å². The van der Waals surface area contributed by atoms with E-state index in [1.807, 2.05) is 0 Å². The van der Waals surface area contributed by atoms with Crippen molar-refractivity contribution in [2.75, 3.05) is 11.6 Å². The molecule has 1 aromatic carbocycles. The predicted octanol–water partition coefficient (Wildman–Crippen LogP) is 2.59. The zero-order valence-corrected chi connectivity index (χ0v) is 8.82. The van der Waals surface area contributed by atoms with E-state index >= 15 is 0 Å². The standard InChI is InChI=1S/C8H6BrClFNO/c9-4-1-5(7(13)3-10)8(11)6(12)2-4/h1-2H,3,12H2. The van der Waals surface area contributed by atoms with E-state index in [1.165, 1.54) is 12.1 Å². The second kappa shape index (κ2) is 4.07. The molecule has 13 heavy (non-hydrogen) atoms. The molecule has 70 valence electrons. The van der Waals surface area contributed by atoms with Gasteiger partial charge in [-0.15, -0.1) is 11.6 Å². The molecule has 0 aromatic heterocycles. The van der Waals surface area contributed by atoms with Crippen molar-refractivity contribution in [3.8, 4) is 0 Å². The summed E-state index contributed by atoms with van der Waals surface area (Å²) < 4.78 is 13.7. The van der Waals surface area contributed by atoms with Crippen LogP contribution in [-0.2, 0) is 0 Å². The van der Waals surface area contributed by atoms with E-state index in [4.69, 9.17) is 17.3 Å². The van der Waals surface area contributed by atoms with Crippen molar-refractivity contribution in [1.82, 2.24) is 0 Å². The zero-order chi connectivity index (χ0) is 10.0. The topological polar surface area (TPSA) is 43.1 Å². The van der Waals surface area contributed by atoms with Crippen LogP contribution >= 0.6 is 27.5 Å². The Labute approximate surface area is 88.0 Å². The Hall–Kier alpha value is -0.610. The summed E-state index contributed by atoms with van der Waals surface area (Å²) in [5.41, 5.74) is 5.17. The van der Waals surface area contributed by atoms with E-state index in [2.05, 4.69) is 15.9 Å². The molecule has 0 fully saturated rings. The molecule has 1 rings (SSSR count). The van der Waals surface area contributed by atoms with Crippen LogP contribution < -0.4 is 5.73 Å². The molecule has 1 aromatic rings. The lowest BCUT2D eigenvalue weighted by atomic mass is 10.1. The summed E-state index contributed by atoms with van der Waals surface area (Å²) >= 11 is 8.39. The molecule has 0 radical (unpaired) electrons. The highest BCUT2D eigenvalue weighted by Crippen LogP contribution is 2.22. The van der Waals surface area contributed by atoms with Gasteiger partial charge >= 0.3 is 0 Å². The lowest BCUT2D eigenvalue weighted by Crippen LogP contribution is -2.06. The zero-order valence-electron chi connectivity index (χ0n) is 6.48. The molecule has 0 amide bonds. The molecular formula is C8H6BrClFNO. The Balaban J connectivity index is 3.28. The number of hydrogen-bond acceptors (Lipinski definition) is 2. The Kier molecular flexibility index (Phi) is 3.27. The Morgan fingerprint density at radius 1 is 1.62 bits per heavy atom. The summed E-state index contributed by atoms with van der Waals surface area (Å²) in [6, 6.07) is 2.75. The monoisotopic (exact) mass is 265 g/mol. The third kappa shape index (κ3) is 2.19. The van der Waals surface area contributed by atoms with Crippen LogP contribution in [-0.4, -0.2) is 11.7 Å². The Morgan fingerprint density at radius 2 is 2.23 bits per heavy atom. The summed E-state index contributed by atoms with van der Waals surface area (Å²) in [5, 5.41) is 0. The highest BCUT2D eigenvalue weighted by atomic mass is 79.9. The predicted molar refractivity (Wildman–Crippen MR) is 53.6 cm³/mol. The summed E-state index contributed by atoms with van der Waals surface area (Å²) in [6.45, 7) is 0. The number of nitrogen functional groups attached to an aromatic ring is 1. The van der Waals surface area contributed by atoms with Crippen molar-refractivity contribution in [3.63, 3.8) is 0 Å². The number of anilines is 1. The quantitative estimate of drug-likeness (QED) is 0.508. The van der Waals surface area contributed by atoms with Crippen LogP contribution in [0.2, 0.25) is 0 Å². The van der Waals surface area contributed by atoms with Crippen LogP contribution in [0.5, 0.6) is 0 Å². The van der Waals surface area contributed by atoms with Crippen LogP contribution in [0, 0.1) is 5.82 Å². The van der Waals surface area contributed by atoms with Crippen molar-refractivity contribution in [2.45, 2.75) is 0 Å².